The molecule has 4 rings (SSSR count). The van der Waals surface area contributed by atoms with E-state index in [1.807, 2.05) is 19.9 Å². The molecule has 150 valence electrons. The van der Waals surface area contributed by atoms with Crippen molar-refractivity contribution in [2.75, 3.05) is 4.90 Å². The molecule has 2 heterocycles. The van der Waals surface area contributed by atoms with Crippen molar-refractivity contribution in [2.24, 2.45) is 0 Å². The van der Waals surface area contributed by atoms with Crippen molar-refractivity contribution in [3.8, 4) is 5.75 Å². The number of amides is 1. The number of aromatic nitrogens is 1. The molecule has 6 nitrogen and oxygen atoms in total. The SMILES string of the molecule is Cc1ccc(/C(O)=C2/C(=O)C(=O)N(c3ccccc3O)C2c2ccncc2)cc1C. The van der Waals surface area contributed by atoms with E-state index in [4.69, 9.17) is 0 Å². The summed E-state index contributed by atoms with van der Waals surface area (Å²) in [6, 6.07) is 14.1. The van der Waals surface area contributed by atoms with Crippen LogP contribution in [0.3, 0.4) is 0 Å². The van der Waals surface area contributed by atoms with Crippen molar-refractivity contribution >= 4 is 23.1 Å². The topological polar surface area (TPSA) is 90.7 Å². The zero-order valence-corrected chi connectivity index (χ0v) is 16.5. The number of Topliss-reactive ketones (excluding diaryl/α,β-unsaturated/α-hetero) is 1. The Labute approximate surface area is 173 Å². The number of hydrogen-bond acceptors (Lipinski definition) is 5. The molecule has 1 unspecified atom stereocenters. The second-order valence-electron chi connectivity index (χ2n) is 7.24. The van der Waals surface area contributed by atoms with E-state index in [9.17, 15) is 19.8 Å². The summed E-state index contributed by atoms with van der Waals surface area (Å²) >= 11 is 0. The zero-order valence-electron chi connectivity index (χ0n) is 16.5. The first-order chi connectivity index (χ1) is 14.4. The van der Waals surface area contributed by atoms with Crippen LogP contribution >= 0.6 is 0 Å². The fourth-order valence-electron chi connectivity index (χ4n) is 3.65. The van der Waals surface area contributed by atoms with Gasteiger partial charge in [-0.1, -0.05) is 24.3 Å². The summed E-state index contributed by atoms with van der Waals surface area (Å²) in [5, 5.41) is 21.4. The van der Waals surface area contributed by atoms with Crippen molar-refractivity contribution in [1.82, 2.24) is 4.98 Å². The standard InChI is InChI=1S/C24H20N2O4/c1-14-7-8-17(13-15(14)2)22(28)20-21(16-9-11-25-12-10-16)26(24(30)23(20)29)18-5-3-4-6-19(18)27/h3-13,21,27-28H,1-2H3/b22-20-. The molecule has 1 aromatic heterocycles. The Morgan fingerprint density at radius 1 is 0.967 bits per heavy atom. The average molecular weight is 400 g/mol. The number of para-hydroxylation sites is 2. The van der Waals surface area contributed by atoms with Crippen LogP contribution in [-0.2, 0) is 9.59 Å². The van der Waals surface area contributed by atoms with Crippen LogP contribution in [0, 0.1) is 13.8 Å². The van der Waals surface area contributed by atoms with E-state index in [-0.39, 0.29) is 22.8 Å². The normalized spacial score (nSPS) is 18.1. The molecule has 1 saturated heterocycles. The van der Waals surface area contributed by atoms with E-state index < -0.39 is 17.7 Å². The van der Waals surface area contributed by atoms with E-state index in [1.165, 1.54) is 11.0 Å². The average Bonchev–Trinajstić information content (AvgIpc) is 3.01. The highest BCUT2D eigenvalue weighted by Gasteiger charge is 2.47. The molecular weight excluding hydrogens is 380 g/mol. The van der Waals surface area contributed by atoms with E-state index in [2.05, 4.69) is 4.98 Å². The zero-order chi connectivity index (χ0) is 21.4. The van der Waals surface area contributed by atoms with Crippen LogP contribution in [0.25, 0.3) is 5.76 Å². The summed E-state index contributed by atoms with van der Waals surface area (Å²) in [5.41, 5.74) is 3.21. The molecule has 2 N–H and O–H groups in total. The summed E-state index contributed by atoms with van der Waals surface area (Å²) in [5.74, 6) is -2.01. The molecule has 0 saturated carbocycles. The van der Waals surface area contributed by atoms with Crippen molar-refractivity contribution in [1.29, 1.82) is 0 Å². The highest BCUT2D eigenvalue weighted by Crippen LogP contribution is 2.44. The summed E-state index contributed by atoms with van der Waals surface area (Å²) < 4.78 is 0. The van der Waals surface area contributed by atoms with Crippen LogP contribution in [-0.4, -0.2) is 26.9 Å². The van der Waals surface area contributed by atoms with Gasteiger partial charge in [-0.2, -0.15) is 0 Å². The lowest BCUT2D eigenvalue weighted by molar-refractivity contribution is -0.132. The summed E-state index contributed by atoms with van der Waals surface area (Å²) in [6.45, 7) is 3.86. The maximum absolute atomic E-state index is 13.0. The Bertz CT molecular complexity index is 1180. The number of nitrogens with zero attached hydrogens (tertiary/aromatic N) is 2. The van der Waals surface area contributed by atoms with Crippen molar-refractivity contribution in [3.05, 3.63) is 94.8 Å². The number of anilines is 1. The third-order valence-electron chi connectivity index (χ3n) is 5.39. The number of aromatic hydroxyl groups is 1. The van der Waals surface area contributed by atoms with Gasteiger partial charge in [-0.15, -0.1) is 0 Å². The van der Waals surface area contributed by atoms with Gasteiger partial charge < -0.3 is 10.2 Å². The number of phenols is 1. The number of carbonyl (C=O) groups excluding carboxylic acids is 2. The fraction of sp³-hybridized carbons (Fsp3) is 0.125. The van der Waals surface area contributed by atoms with Crippen LogP contribution in [0.15, 0.2) is 72.6 Å². The van der Waals surface area contributed by atoms with Crippen LogP contribution in [0.5, 0.6) is 5.75 Å². The lowest BCUT2D eigenvalue weighted by Crippen LogP contribution is -2.29. The van der Waals surface area contributed by atoms with Gasteiger partial charge >= 0.3 is 0 Å². The number of carbonyl (C=O) groups is 2. The molecule has 0 bridgehead atoms. The third-order valence-corrected chi connectivity index (χ3v) is 5.39. The van der Waals surface area contributed by atoms with Gasteiger partial charge in [-0.05, 0) is 60.9 Å². The second kappa shape index (κ2) is 7.48. The number of aliphatic hydroxyl groups is 1. The minimum Gasteiger partial charge on any atom is -0.507 e. The Morgan fingerprint density at radius 2 is 1.67 bits per heavy atom. The van der Waals surface area contributed by atoms with Crippen LogP contribution in [0.4, 0.5) is 5.69 Å². The molecule has 6 heteroatoms. The van der Waals surface area contributed by atoms with Gasteiger partial charge in [0.15, 0.2) is 0 Å². The van der Waals surface area contributed by atoms with Crippen molar-refractivity contribution in [3.63, 3.8) is 0 Å². The summed E-state index contributed by atoms with van der Waals surface area (Å²) in [6.07, 6.45) is 3.10. The maximum Gasteiger partial charge on any atom is 0.300 e. The summed E-state index contributed by atoms with van der Waals surface area (Å²) in [7, 11) is 0. The molecule has 30 heavy (non-hydrogen) atoms. The predicted octanol–water partition coefficient (Wildman–Crippen LogP) is 4.03. The number of aryl methyl sites for hydroxylation is 2. The van der Waals surface area contributed by atoms with Crippen LogP contribution in [0.2, 0.25) is 0 Å². The molecule has 1 aliphatic rings. The van der Waals surface area contributed by atoms with Gasteiger partial charge in [0.1, 0.15) is 11.5 Å². The monoisotopic (exact) mass is 400 g/mol. The lowest BCUT2D eigenvalue weighted by Gasteiger charge is -2.25. The Kier molecular flexibility index (Phi) is 4.83. The fourth-order valence-corrected chi connectivity index (χ4v) is 3.65. The van der Waals surface area contributed by atoms with Gasteiger partial charge in [0.2, 0.25) is 0 Å². The molecule has 1 fully saturated rings. The number of pyridine rings is 1. The Morgan fingerprint density at radius 3 is 2.33 bits per heavy atom. The number of aliphatic hydroxyl groups excluding tert-OH is 1. The number of phenolic OH excluding ortho intramolecular Hbond substituents is 1. The molecule has 0 spiro atoms. The van der Waals surface area contributed by atoms with Gasteiger partial charge in [0.05, 0.1) is 17.3 Å². The van der Waals surface area contributed by atoms with E-state index in [1.54, 1.807) is 54.9 Å². The first-order valence-corrected chi connectivity index (χ1v) is 9.46. The van der Waals surface area contributed by atoms with Gasteiger partial charge in [-0.25, -0.2) is 0 Å². The molecule has 2 aromatic carbocycles. The van der Waals surface area contributed by atoms with Crippen LogP contribution < -0.4 is 4.90 Å². The highest BCUT2D eigenvalue weighted by molar-refractivity contribution is 6.51. The summed E-state index contributed by atoms with van der Waals surface area (Å²) in [4.78, 5) is 31.3. The molecular formula is C24H20N2O4. The quantitative estimate of drug-likeness (QED) is 0.394. The minimum absolute atomic E-state index is 0.0299. The van der Waals surface area contributed by atoms with Gasteiger partial charge in [0, 0.05) is 18.0 Å². The molecule has 0 radical (unpaired) electrons. The van der Waals surface area contributed by atoms with E-state index >= 15 is 0 Å². The Balaban J connectivity index is 1.97. The molecule has 0 aliphatic carbocycles. The largest absolute Gasteiger partial charge is 0.507 e. The molecule has 3 aromatic rings. The minimum atomic E-state index is -0.900. The lowest BCUT2D eigenvalue weighted by atomic mass is 9.94. The first-order valence-electron chi connectivity index (χ1n) is 9.46. The predicted molar refractivity (Wildman–Crippen MR) is 113 cm³/mol. The number of ketones is 1. The van der Waals surface area contributed by atoms with Crippen molar-refractivity contribution < 1.29 is 19.8 Å². The maximum atomic E-state index is 13.0. The van der Waals surface area contributed by atoms with Gasteiger partial charge in [0.25, 0.3) is 11.7 Å². The van der Waals surface area contributed by atoms with E-state index in [0.29, 0.717) is 11.1 Å². The van der Waals surface area contributed by atoms with E-state index in [0.717, 1.165) is 11.1 Å². The number of benzene rings is 2. The Hall–Kier alpha value is -3.93. The highest BCUT2D eigenvalue weighted by atomic mass is 16.3. The smallest absolute Gasteiger partial charge is 0.300 e. The van der Waals surface area contributed by atoms with Crippen LogP contribution in [0.1, 0.15) is 28.3 Å². The van der Waals surface area contributed by atoms with Gasteiger partial charge in [-0.3, -0.25) is 19.5 Å². The second-order valence-corrected chi connectivity index (χ2v) is 7.24. The molecule has 1 aliphatic heterocycles. The number of hydrogen-bond donors (Lipinski definition) is 2. The third kappa shape index (κ3) is 3.12. The first kappa shape index (κ1) is 19.4. The molecule has 1 atom stereocenters. The van der Waals surface area contributed by atoms with Crippen molar-refractivity contribution in [2.45, 2.75) is 19.9 Å². The number of rotatable bonds is 3. The molecule has 1 amide bonds.